The van der Waals surface area contributed by atoms with Gasteiger partial charge in [0.1, 0.15) is 5.82 Å². The maximum atomic E-state index is 13.1. The van der Waals surface area contributed by atoms with Gasteiger partial charge in [-0.25, -0.2) is 22.9 Å². The fourth-order valence-corrected chi connectivity index (χ4v) is 5.03. The highest BCUT2D eigenvalue weighted by atomic mass is 32.2. The number of ether oxygens (including phenoxy) is 1. The number of benzene rings is 2. The van der Waals surface area contributed by atoms with Crippen LogP contribution < -0.4 is 4.72 Å². The zero-order chi connectivity index (χ0) is 25.4. The number of unbranched alkanes of at least 4 members (excludes halogenated alkanes) is 1. The van der Waals surface area contributed by atoms with Crippen molar-refractivity contribution in [1.82, 2.24) is 14.3 Å². The highest BCUT2D eigenvalue weighted by Gasteiger charge is 2.23. The Hall–Kier alpha value is -3.13. The van der Waals surface area contributed by atoms with Gasteiger partial charge in [0, 0.05) is 30.4 Å². The lowest BCUT2D eigenvalue weighted by molar-refractivity contribution is 0.151. The van der Waals surface area contributed by atoms with Crippen LogP contribution in [0.2, 0.25) is 0 Å². The number of imidazole rings is 1. The average Bonchev–Trinajstić information content (AvgIpc) is 3.28. The summed E-state index contributed by atoms with van der Waals surface area (Å²) in [7, 11) is -4.11. The van der Waals surface area contributed by atoms with Crippen molar-refractivity contribution in [3.8, 4) is 11.1 Å². The van der Waals surface area contributed by atoms with E-state index in [4.69, 9.17) is 4.74 Å². The molecule has 2 aromatic carbocycles. The van der Waals surface area contributed by atoms with E-state index in [1.54, 1.807) is 18.3 Å². The summed E-state index contributed by atoms with van der Waals surface area (Å²) in [6.07, 6.45) is 6.10. The Kier molecular flexibility index (Phi) is 9.09. The lowest BCUT2D eigenvalue weighted by atomic mass is 10.00. The molecule has 0 saturated heterocycles. The fraction of sp³-hybridized carbons (Fsp3) is 0.407. The predicted molar refractivity (Wildman–Crippen MR) is 138 cm³/mol. The van der Waals surface area contributed by atoms with Crippen molar-refractivity contribution >= 4 is 16.1 Å². The Morgan fingerprint density at radius 2 is 1.77 bits per heavy atom. The van der Waals surface area contributed by atoms with Crippen LogP contribution in [-0.4, -0.2) is 30.7 Å². The van der Waals surface area contributed by atoms with Crippen molar-refractivity contribution in [2.75, 3.05) is 6.61 Å². The second-order valence-corrected chi connectivity index (χ2v) is 10.6. The minimum Gasteiger partial charge on any atom is -0.449 e. The van der Waals surface area contributed by atoms with E-state index in [0.29, 0.717) is 24.4 Å². The van der Waals surface area contributed by atoms with E-state index in [2.05, 4.69) is 35.0 Å². The molecular formula is C27H35N3O4S. The minimum atomic E-state index is -4.11. The molecule has 1 aromatic heterocycles. The molecule has 1 heterocycles. The van der Waals surface area contributed by atoms with Crippen molar-refractivity contribution in [1.29, 1.82) is 0 Å². The van der Waals surface area contributed by atoms with Crippen LogP contribution in [0.3, 0.4) is 0 Å². The normalized spacial score (nSPS) is 11.6. The quantitative estimate of drug-likeness (QED) is 0.334. The van der Waals surface area contributed by atoms with Gasteiger partial charge in [-0.1, -0.05) is 70.9 Å². The summed E-state index contributed by atoms with van der Waals surface area (Å²) in [5.41, 5.74) is 3.44. The number of carbonyl (C=O) groups excluding carboxylic acids is 1. The third-order valence-electron chi connectivity index (χ3n) is 5.70. The minimum absolute atomic E-state index is 0.0502. The number of carbonyl (C=O) groups is 1. The first-order valence-corrected chi connectivity index (χ1v) is 13.7. The van der Waals surface area contributed by atoms with E-state index >= 15 is 0 Å². The average molecular weight is 498 g/mol. The summed E-state index contributed by atoms with van der Waals surface area (Å²) in [4.78, 5) is 16.6. The van der Waals surface area contributed by atoms with Crippen LogP contribution in [-0.2, 0) is 27.7 Å². The Morgan fingerprint density at radius 3 is 2.43 bits per heavy atom. The number of hydrogen-bond acceptors (Lipinski definition) is 5. The van der Waals surface area contributed by atoms with Crippen LogP contribution >= 0.6 is 0 Å². The molecule has 0 aliphatic rings. The van der Waals surface area contributed by atoms with Gasteiger partial charge in [-0.2, -0.15) is 0 Å². The van der Waals surface area contributed by atoms with E-state index in [1.807, 2.05) is 43.5 Å². The molecule has 3 rings (SSSR count). The van der Waals surface area contributed by atoms with Crippen molar-refractivity contribution in [3.05, 3.63) is 71.8 Å². The number of nitrogens with zero attached hydrogens (tertiary/aromatic N) is 2. The highest BCUT2D eigenvalue weighted by Crippen LogP contribution is 2.30. The molecular weight excluding hydrogens is 462 g/mol. The van der Waals surface area contributed by atoms with Gasteiger partial charge >= 0.3 is 6.09 Å². The molecule has 0 spiro atoms. The maximum Gasteiger partial charge on any atom is 0.421 e. The molecule has 0 fully saturated rings. The Labute approximate surface area is 208 Å². The summed E-state index contributed by atoms with van der Waals surface area (Å²) < 4.78 is 35.4. The largest absolute Gasteiger partial charge is 0.449 e. The SMILES string of the molecule is CCCCOC(=O)NS(=O)(=O)c1ccc(CCC)cc1-c1ccc(Cn2ccnc2C(C)C)cc1. The second-order valence-electron chi connectivity index (χ2n) is 8.94. The van der Waals surface area contributed by atoms with Crippen molar-refractivity contribution < 1.29 is 17.9 Å². The standard InChI is InChI=1S/C27H35N3O4S/c1-5-7-17-34-27(31)29-35(32,33)25-14-11-21(8-6-2)18-24(25)23-12-9-22(10-13-23)19-30-16-15-28-26(30)20(3)4/h9-16,18,20H,5-8,17,19H2,1-4H3,(H,29,31). The van der Waals surface area contributed by atoms with Crippen LogP contribution in [0.25, 0.3) is 11.1 Å². The Bertz CT molecular complexity index is 1230. The van der Waals surface area contributed by atoms with Gasteiger partial charge in [0.2, 0.25) is 0 Å². The number of aryl methyl sites for hydroxylation is 1. The summed E-state index contributed by atoms with van der Waals surface area (Å²) in [6.45, 7) is 9.12. The van der Waals surface area contributed by atoms with Crippen LogP contribution in [0.4, 0.5) is 4.79 Å². The van der Waals surface area contributed by atoms with Gasteiger partial charge in [0.25, 0.3) is 10.0 Å². The van der Waals surface area contributed by atoms with Crippen LogP contribution in [0, 0.1) is 0 Å². The van der Waals surface area contributed by atoms with Gasteiger partial charge in [0.05, 0.1) is 11.5 Å². The van der Waals surface area contributed by atoms with Gasteiger partial charge in [-0.3, -0.25) is 0 Å². The van der Waals surface area contributed by atoms with E-state index in [9.17, 15) is 13.2 Å². The first kappa shape index (κ1) is 26.5. The Morgan fingerprint density at radius 1 is 1.06 bits per heavy atom. The summed E-state index contributed by atoms with van der Waals surface area (Å²) >= 11 is 0. The number of rotatable bonds is 11. The van der Waals surface area contributed by atoms with Gasteiger partial charge < -0.3 is 9.30 Å². The molecule has 0 radical (unpaired) electrons. The fourth-order valence-electron chi connectivity index (χ4n) is 3.93. The lowest BCUT2D eigenvalue weighted by Gasteiger charge is -2.15. The molecule has 0 aliphatic heterocycles. The molecule has 3 aromatic rings. The van der Waals surface area contributed by atoms with Crippen LogP contribution in [0.5, 0.6) is 0 Å². The smallest absolute Gasteiger partial charge is 0.421 e. The van der Waals surface area contributed by atoms with E-state index in [0.717, 1.165) is 41.8 Å². The monoisotopic (exact) mass is 497 g/mol. The topological polar surface area (TPSA) is 90.3 Å². The van der Waals surface area contributed by atoms with E-state index in [1.165, 1.54) is 0 Å². The van der Waals surface area contributed by atoms with E-state index in [-0.39, 0.29) is 11.5 Å². The third kappa shape index (κ3) is 6.94. The number of sulfonamides is 1. The molecule has 0 unspecified atom stereocenters. The molecule has 1 amide bonds. The molecule has 8 heteroatoms. The molecule has 0 saturated carbocycles. The summed E-state index contributed by atoms with van der Waals surface area (Å²) in [5, 5.41) is 0. The van der Waals surface area contributed by atoms with Crippen molar-refractivity contribution in [2.24, 2.45) is 0 Å². The zero-order valence-corrected chi connectivity index (χ0v) is 21.8. The number of aromatic nitrogens is 2. The van der Waals surface area contributed by atoms with Crippen LogP contribution in [0.15, 0.2) is 59.8 Å². The first-order valence-electron chi connectivity index (χ1n) is 12.2. The molecule has 0 bridgehead atoms. The Balaban J connectivity index is 1.90. The maximum absolute atomic E-state index is 13.1. The van der Waals surface area contributed by atoms with Gasteiger partial charge in [0.15, 0.2) is 0 Å². The van der Waals surface area contributed by atoms with Crippen molar-refractivity contribution in [2.45, 2.75) is 70.7 Å². The molecule has 35 heavy (non-hydrogen) atoms. The molecule has 188 valence electrons. The zero-order valence-electron chi connectivity index (χ0n) is 21.0. The van der Waals surface area contributed by atoms with Crippen LogP contribution in [0.1, 0.15) is 69.8 Å². The molecule has 7 nitrogen and oxygen atoms in total. The lowest BCUT2D eigenvalue weighted by Crippen LogP contribution is -2.31. The first-order chi connectivity index (χ1) is 16.7. The predicted octanol–water partition coefficient (Wildman–Crippen LogP) is 5.89. The molecule has 1 N–H and O–H groups in total. The van der Waals surface area contributed by atoms with Gasteiger partial charge in [-0.05, 0) is 41.7 Å². The summed E-state index contributed by atoms with van der Waals surface area (Å²) in [6, 6.07) is 13.1. The van der Waals surface area contributed by atoms with E-state index < -0.39 is 16.1 Å². The van der Waals surface area contributed by atoms with Gasteiger partial charge in [-0.15, -0.1) is 0 Å². The number of nitrogens with one attached hydrogen (secondary N) is 1. The number of hydrogen-bond donors (Lipinski definition) is 1. The second kappa shape index (κ2) is 12.0. The number of amides is 1. The van der Waals surface area contributed by atoms with Crippen molar-refractivity contribution in [3.63, 3.8) is 0 Å². The summed E-state index contributed by atoms with van der Waals surface area (Å²) in [5.74, 6) is 1.34. The molecule has 0 atom stereocenters. The highest BCUT2D eigenvalue weighted by molar-refractivity contribution is 7.90. The third-order valence-corrected chi connectivity index (χ3v) is 7.07. The molecule has 0 aliphatic carbocycles.